The predicted octanol–water partition coefficient (Wildman–Crippen LogP) is 2.47. The minimum atomic E-state index is -0.189. The highest BCUT2D eigenvalue weighted by Crippen LogP contribution is 2.23. The molecular formula is C13H16N4OS. The van der Waals surface area contributed by atoms with Crippen LogP contribution < -0.4 is 10.2 Å². The van der Waals surface area contributed by atoms with E-state index in [4.69, 9.17) is 0 Å². The van der Waals surface area contributed by atoms with Crippen molar-refractivity contribution in [1.29, 1.82) is 0 Å². The molecule has 0 aliphatic carbocycles. The van der Waals surface area contributed by atoms with Crippen LogP contribution in [0.4, 0.5) is 10.9 Å². The van der Waals surface area contributed by atoms with E-state index < -0.39 is 0 Å². The fourth-order valence-corrected chi connectivity index (χ4v) is 2.43. The van der Waals surface area contributed by atoms with Gasteiger partial charge in [-0.1, -0.05) is 0 Å². The van der Waals surface area contributed by atoms with Gasteiger partial charge < -0.3 is 4.90 Å². The molecule has 5 nitrogen and oxygen atoms in total. The Balaban J connectivity index is 2.25. The number of nitrogens with zero attached hydrogens (tertiary/aromatic N) is 3. The third-order valence-electron chi connectivity index (χ3n) is 2.70. The molecule has 2 aromatic heterocycles. The highest BCUT2D eigenvalue weighted by atomic mass is 32.1. The van der Waals surface area contributed by atoms with Gasteiger partial charge in [-0.2, -0.15) is 0 Å². The van der Waals surface area contributed by atoms with E-state index in [1.54, 1.807) is 18.3 Å². The summed E-state index contributed by atoms with van der Waals surface area (Å²) in [4.78, 5) is 23.7. The highest BCUT2D eigenvalue weighted by molar-refractivity contribution is 7.15. The van der Waals surface area contributed by atoms with Crippen LogP contribution in [0.2, 0.25) is 0 Å². The summed E-state index contributed by atoms with van der Waals surface area (Å²) in [5.74, 6) is 0.454. The first-order valence-corrected chi connectivity index (χ1v) is 6.68. The van der Waals surface area contributed by atoms with Crippen LogP contribution in [0.5, 0.6) is 0 Å². The molecule has 19 heavy (non-hydrogen) atoms. The first-order valence-electron chi connectivity index (χ1n) is 5.86. The molecule has 0 aromatic carbocycles. The van der Waals surface area contributed by atoms with Gasteiger partial charge in [0.05, 0.1) is 11.3 Å². The number of carbonyl (C=O) groups is 1. The molecule has 0 unspecified atom stereocenters. The molecule has 0 saturated heterocycles. The molecule has 2 aromatic rings. The van der Waals surface area contributed by atoms with Crippen molar-refractivity contribution >= 4 is 28.2 Å². The maximum Gasteiger partial charge on any atom is 0.261 e. The van der Waals surface area contributed by atoms with Gasteiger partial charge in [0.15, 0.2) is 5.13 Å². The average molecular weight is 276 g/mol. The van der Waals surface area contributed by atoms with Gasteiger partial charge in [0.2, 0.25) is 0 Å². The second-order valence-electron chi connectivity index (χ2n) is 4.38. The zero-order valence-corrected chi connectivity index (χ0v) is 12.2. The standard InChI is InChI=1S/C13H16N4OS/c1-8-9(2)19-13(15-8)16-12(18)10-6-5-7-14-11(10)17(3)4/h5-7H,1-4H3,(H,15,16,18). The summed E-state index contributed by atoms with van der Waals surface area (Å²) in [6.07, 6.45) is 1.67. The van der Waals surface area contributed by atoms with Crippen LogP contribution in [0.3, 0.4) is 0 Å². The molecule has 0 radical (unpaired) electrons. The van der Waals surface area contributed by atoms with Crippen LogP contribution in [0.25, 0.3) is 0 Å². The number of aryl methyl sites for hydroxylation is 2. The van der Waals surface area contributed by atoms with E-state index in [9.17, 15) is 4.79 Å². The Morgan fingerprint density at radius 2 is 2.11 bits per heavy atom. The van der Waals surface area contributed by atoms with Gasteiger partial charge in [-0.3, -0.25) is 10.1 Å². The molecule has 0 aliphatic rings. The van der Waals surface area contributed by atoms with Gasteiger partial charge >= 0.3 is 0 Å². The number of pyridine rings is 1. The van der Waals surface area contributed by atoms with E-state index in [-0.39, 0.29) is 5.91 Å². The number of carbonyl (C=O) groups excluding carboxylic acids is 1. The summed E-state index contributed by atoms with van der Waals surface area (Å²) in [6.45, 7) is 3.91. The van der Waals surface area contributed by atoms with Crippen LogP contribution >= 0.6 is 11.3 Å². The van der Waals surface area contributed by atoms with Gasteiger partial charge in [0.1, 0.15) is 5.82 Å². The van der Waals surface area contributed by atoms with Crippen LogP contribution in [0, 0.1) is 13.8 Å². The summed E-state index contributed by atoms with van der Waals surface area (Å²) >= 11 is 1.47. The quantitative estimate of drug-likeness (QED) is 0.935. The SMILES string of the molecule is Cc1nc(NC(=O)c2cccnc2N(C)C)sc1C. The first-order chi connectivity index (χ1) is 8.99. The molecule has 0 aliphatic heterocycles. The molecule has 0 bridgehead atoms. The van der Waals surface area contributed by atoms with Crippen molar-refractivity contribution in [2.24, 2.45) is 0 Å². The highest BCUT2D eigenvalue weighted by Gasteiger charge is 2.15. The number of nitrogens with one attached hydrogen (secondary N) is 1. The van der Waals surface area contributed by atoms with Crippen molar-refractivity contribution in [2.45, 2.75) is 13.8 Å². The van der Waals surface area contributed by atoms with Gasteiger partial charge in [-0.05, 0) is 26.0 Å². The maximum absolute atomic E-state index is 12.2. The molecule has 100 valence electrons. The Kier molecular flexibility index (Phi) is 3.80. The van der Waals surface area contributed by atoms with Crippen molar-refractivity contribution in [2.75, 3.05) is 24.3 Å². The maximum atomic E-state index is 12.2. The second kappa shape index (κ2) is 5.36. The van der Waals surface area contributed by atoms with E-state index >= 15 is 0 Å². The molecule has 0 saturated carbocycles. The monoisotopic (exact) mass is 276 g/mol. The van der Waals surface area contributed by atoms with Crippen molar-refractivity contribution in [3.05, 3.63) is 34.5 Å². The lowest BCUT2D eigenvalue weighted by Gasteiger charge is -2.14. The minimum Gasteiger partial charge on any atom is -0.362 e. The molecule has 2 heterocycles. The molecular weight excluding hydrogens is 260 g/mol. The Hall–Kier alpha value is -1.95. The normalized spacial score (nSPS) is 10.3. The Labute approximate surface area is 116 Å². The van der Waals surface area contributed by atoms with Crippen molar-refractivity contribution < 1.29 is 4.79 Å². The number of rotatable bonds is 3. The third-order valence-corrected chi connectivity index (χ3v) is 3.69. The summed E-state index contributed by atoms with van der Waals surface area (Å²) in [5, 5.41) is 3.44. The van der Waals surface area contributed by atoms with Gasteiger partial charge in [0, 0.05) is 25.2 Å². The molecule has 6 heteroatoms. The van der Waals surface area contributed by atoms with E-state index in [1.165, 1.54) is 11.3 Å². The van der Waals surface area contributed by atoms with Gasteiger partial charge in [-0.15, -0.1) is 11.3 Å². The van der Waals surface area contributed by atoms with Crippen LogP contribution in [0.1, 0.15) is 20.9 Å². The van der Waals surface area contributed by atoms with Crippen LogP contribution in [-0.2, 0) is 0 Å². The van der Waals surface area contributed by atoms with Crippen molar-refractivity contribution in [3.8, 4) is 0 Å². The Morgan fingerprint density at radius 1 is 1.37 bits per heavy atom. The van der Waals surface area contributed by atoms with Gasteiger partial charge in [-0.25, -0.2) is 9.97 Å². The second-order valence-corrected chi connectivity index (χ2v) is 5.59. The molecule has 0 atom stereocenters. The molecule has 0 fully saturated rings. The number of anilines is 2. The Morgan fingerprint density at radius 3 is 2.68 bits per heavy atom. The summed E-state index contributed by atoms with van der Waals surface area (Å²) in [5.41, 5.74) is 1.48. The number of aromatic nitrogens is 2. The predicted molar refractivity (Wildman–Crippen MR) is 78.1 cm³/mol. The van der Waals surface area contributed by atoms with Crippen molar-refractivity contribution in [3.63, 3.8) is 0 Å². The van der Waals surface area contributed by atoms with E-state index in [0.717, 1.165) is 10.6 Å². The minimum absolute atomic E-state index is 0.189. The van der Waals surface area contributed by atoms with E-state index in [0.29, 0.717) is 16.5 Å². The van der Waals surface area contributed by atoms with Gasteiger partial charge in [0.25, 0.3) is 5.91 Å². The van der Waals surface area contributed by atoms with Crippen molar-refractivity contribution in [1.82, 2.24) is 9.97 Å². The van der Waals surface area contributed by atoms with E-state index in [2.05, 4.69) is 15.3 Å². The number of thiazole rings is 1. The zero-order valence-electron chi connectivity index (χ0n) is 11.4. The first kappa shape index (κ1) is 13.5. The average Bonchev–Trinajstić information content (AvgIpc) is 2.68. The van der Waals surface area contributed by atoms with E-state index in [1.807, 2.05) is 32.8 Å². The lowest BCUT2D eigenvalue weighted by molar-refractivity contribution is 0.102. The number of amides is 1. The number of hydrogen-bond donors (Lipinski definition) is 1. The molecule has 1 N–H and O–H groups in total. The smallest absolute Gasteiger partial charge is 0.261 e. The van der Waals surface area contributed by atoms with Crippen LogP contribution in [-0.4, -0.2) is 30.0 Å². The Bertz CT molecular complexity index is 587. The summed E-state index contributed by atoms with van der Waals surface area (Å²) in [6, 6.07) is 3.51. The zero-order chi connectivity index (χ0) is 14.0. The summed E-state index contributed by atoms with van der Waals surface area (Å²) < 4.78 is 0. The molecule has 1 amide bonds. The molecule has 2 rings (SSSR count). The lowest BCUT2D eigenvalue weighted by Crippen LogP contribution is -2.19. The topological polar surface area (TPSA) is 58.1 Å². The molecule has 0 spiro atoms. The van der Waals surface area contributed by atoms with Crippen LogP contribution in [0.15, 0.2) is 18.3 Å². The largest absolute Gasteiger partial charge is 0.362 e. The fourth-order valence-electron chi connectivity index (χ4n) is 1.62. The fraction of sp³-hybridized carbons (Fsp3) is 0.308. The summed E-state index contributed by atoms with van der Waals surface area (Å²) in [7, 11) is 3.72. The third kappa shape index (κ3) is 2.90. The number of hydrogen-bond acceptors (Lipinski definition) is 5. The lowest BCUT2D eigenvalue weighted by atomic mass is 10.2.